The smallest absolute Gasteiger partial charge is 0.251 e. The molecule has 1 aliphatic rings. The molecule has 0 unspecified atom stereocenters. The van der Waals surface area contributed by atoms with Crippen molar-refractivity contribution < 1.29 is 9.59 Å². The summed E-state index contributed by atoms with van der Waals surface area (Å²) >= 11 is 0. The molecule has 0 aromatic heterocycles. The van der Waals surface area contributed by atoms with Crippen molar-refractivity contribution >= 4 is 11.8 Å². The van der Waals surface area contributed by atoms with Crippen LogP contribution in [0.15, 0.2) is 66.7 Å². The van der Waals surface area contributed by atoms with Gasteiger partial charge in [0.15, 0.2) is 0 Å². The maximum Gasteiger partial charge on any atom is 0.251 e. The number of nitrogens with one attached hydrogen (secondary N) is 2. The average molecular weight is 456 g/mol. The van der Waals surface area contributed by atoms with Crippen molar-refractivity contribution in [3.05, 3.63) is 94.5 Å². The van der Waals surface area contributed by atoms with Crippen LogP contribution in [-0.4, -0.2) is 36.3 Å². The highest BCUT2D eigenvalue weighted by Crippen LogP contribution is 2.26. The Labute approximate surface area is 202 Å². The van der Waals surface area contributed by atoms with Gasteiger partial charge in [-0.1, -0.05) is 49.4 Å². The number of hydrogen-bond donors (Lipinski definition) is 2. The molecule has 176 valence electrons. The Morgan fingerprint density at radius 1 is 0.882 bits per heavy atom. The van der Waals surface area contributed by atoms with Gasteiger partial charge in [-0.25, -0.2) is 0 Å². The number of carbonyl (C=O) groups excluding carboxylic acids is 2. The zero-order chi connectivity index (χ0) is 24.1. The SMILES string of the molecule is CCN(C)Cc1ccc(CNC(=O)c2ccc(-c3cc(C(=O)NC4CC4)ccc3C)cc2)cc1. The van der Waals surface area contributed by atoms with Gasteiger partial charge in [-0.05, 0) is 85.4 Å². The monoisotopic (exact) mass is 455 g/mol. The van der Waals surface area contributed by atoms with Crippen molar-refractivity contribution in [1.82, 2.24) is 15.5 Å². The number of carbonyl (C=O) groups is 2. The number of aryl methyl sites for hydroxylation is 1. The number of hydrogen-bond acceptors (Lipinski definition) is 3. The molecule has 5 heteroatoms. The summed E-state index contributed by atoms with van der Waals surface area (Å²) in [5.74, 6) is -0.124. The van der Waals surface area contributed by atoms with Crippen LogP contribution < -0.4 is 10.6 Å². The molecule has 0 radical (unpaired) electrons. The second kappa shape index (κ2) is 10.7. The van der Waals surface area contributed by atoms with Crippen LogP contribution in [0.5, 0.6) is 0 Å². The molecular weight excluding hydrogens is 422 g/mol. The molecule has 0 saturated heterocycles. The Morgan fingerprint density at radius 2 is 1.53 bits per heavy atom. The van der Waals surface area contributed by atoms with E-state index in [1.54, 1.807) is 0 Å². The van der Waals surface area contributed by atoms with Gasteiger partial charge >= 0.3 is 0 Å². The van der Waals surface area contributed by atoms with Gasteiger partial charge in [0.2, 0.25) is 0 Å². The highest BCUT2D eigenvalue weighted by atomic mass is 16.2. The first-order valence-corrected chi connectivity index (χ1v) is 12.0. The van der Waals surface area contributed by atoms with E-state index in [-0.39, 0.29) is 11.8 Å². The third-order valence-electron chi connectivity index (χ3n) is 6.34. The molecule has 1 fully saturated rings. The minimum Gasteiger partial charge on any atom is -0.349 e. The van der Waals surface area contributed by atoms with E-state index in [1.165, 1.54) is 5.56 Å². The van der Waals surface area contributed by atoms with Crippen LogP contribution in [0.1, 0.15) is 57.2 Å². The Bertz CT molecular complexity index is 1150. The molecule has 2 amide bonds. The molecule has 3 aromatic carbocycles. The Hall–Kier alpha value is -3.44. The second-order valence-electron chi connectivity index (χ2n) is 9.18. The lowest BCUT2D eigenvalue weighted by Crippen LogP contribution is -2.25. The van der Waals surface area contributed by atoms with E-state index < -0.39 is 0 Å². The normalized spacial score (nSPS) is 13.1. The maximum atomic E-state index is 12.7. The molecule has 5 nitrogen and oxygen atoms in total. The number of benzene rings is 3. The molecule has 1 aliphatic carbocycles. The summed E-state index contributed by atoms with van der Waals surface area (Å²) in [6, 6.07) is 22.0. The predicted octanol–water partition coefficient (Wildman–Crippen LogP) is 4.94. The third kappa shape index (κ3) is 6.12. The first kappa shape index (κ1) is 23.7. The molecular formula is C29H33N3O2. The van der Waals surface area contributed by atoms with E-state index in [1.807, 2.05) is 49.4 Å². The van der Waals surface area contributed by atoms with E-state index in [9.17, 15) is 9.59 Å². The summed E-state index contributed by atoms with van der Waals surface area (Å²) in [4.78, 5) is 27.4. The minimum absolute atomic E-state index is 0.0230. The lowest BCUT2D eigenvalue weighted by Gasteiger charge is -2.14. The van der Waals surface area contributed by atoms with Gasteiger partial charge in [0.1, 0.15) is 0 Å². The van der Waals surface area contributed by atoms with Gasteiger partial charge in [-0.15, -0.1) is 0 Å². The highest BCUT2D eigenvalue weighted by molar-refractivity contribution is 5.97. The van der Waals surface area contributed by atoms with E-state index in [0.717, 1.165) is 48.2 Å². The van der Waals surface area contributed by atoms with Crippen LogP contribution in [0.2, 0.25) is 0 Å². The fourth-order valence-corrected chi connectivity index (χ4v) is 3.84. The number of amides is 2. The fourth-order valence-electron chi connectivity index (χ4n) is 3.84. The average Bonchev–Trinajstić information content (AvgIpc) is 3.67. The first-order chi connectivity index (χ1) is 16.4. The Kier molecular flexibility index (Phi) is 7.43. The lowest BCUT2D eigenvalue weighted by molar-refractivity contribution is 0.0943. The van der Waals surface area contributed by atoms with Crippen molar-refractivity contribution in [3.8, 4) is 11.1 Å². The van der Waals surface area contributed by atoms with Gasteiger partial charge in [-0.3, -0.25) is 9.59 Å². The second-order valence-corrected chi connectivity index (χ2v) is 9.18. The number of nitrogens with zero attached hydrogens (tertiary/aromatic N) is 1. The summed E-state index contributed by atoms with van der Waals surface area (Å²) in [6.07, 6.45) is 2.13. The minimum atomic E-state index is -0.101. The molecule has 4 rings (SSSR count). The van der Waals surface area contributed by atoms with Crippen LogP contribution >= 0.6 is 0 Å². The van der Waals surface area contributed by atoms with E-state index in [2.05, 4.69) is 53.8 Å². The Balaban J connectivity index is 1.37. The lowest BCUT2D eigenvalue weighted by atomic mass is 9.97. The molecule has 0 heterocycles. The van der Waals surface area contributed by atoms with Crippen molar-refractivity contribution in [2.75, 3.05) is 13.6 Å². The molecule has 2 N–H and O–H groups in total. The third-order valence-corrected chi connectivity index (χ3v) is 6.34. The van der Waals surface area contributed by atoms with Crippen molar-refractivity contribution in [1.29, 1.82) is 0 Å². The summed E-state index contributed by atoms with van der Waals surface area (Å²) < 4.78 is 0. The summed E-state index contributed by atoms with van der Waals surface area (Å²) in [7, 11) is 2.10. The van der Waals surface area contributed by atoms with Crippen LogP contribution in [0, 0.1) is 6.92 Å². The molecule has 0 aliphatic heterocycles. The molecule has 1 saturated carbocycles. The number of rotatable bonds is 9. The molecule has 3 aromatic rings. The van der Waals surface area contributed by atoms with E-state index in [0.29, 0.717) is 23.7 Å². The van der Waals surface area contributed by atoms with Crippen molar-refractivity contribution in [3.63, 3.8) is 0 Å². The molecule has 0 atom stereocenters. The predicted molar refractivity (Wildman–Crippen MR) is 137 cm³/mol. The van der Waals surface area contributed by atoms with Gasteiger partial charge in [0.25, 0.3) is 11.8 Å². The summed E-state index contributed by atoms with van der Waals surface area (Å²) in [5.41, 5.74) is 6.71. The Morgan fingerprint density at radius 3 is 2.18 bits per heavy atom. The van der Waals surface area contributed by atoms with Gasteiger partial charge in [0.05, 0.1) is 0 Å². The van der Waals surface area contributed by atoms with Crippen LogP contribution in [-0.2, 0) is 13.1 Å². The quantitative estimate of drug-likeness (QED) is 0.481. The summed E-state index contributed by atoms with van der Waals surface area (Å²) in [5, 5.41) is 6.04. The topological polar surface area (TPSA) is 61.4 Å². The first-order valence-electron chi connectivity index (χ1n) is 12.0. The zero-order valence-electron chi connectivity index (χ0n) is 20.2. The molecule has 0 bridgehead atoms. The fraction of sp³-hybridized carbons (Fsp3) is 0.310. The summed E-state index contributed by atoms with van der Waals surface area (Å²) in [6.45, 7) is 6.59. The van der Waals surface area contributed by atoms with Crippen LogP contribution in [0.4, 0.5) is 0 Å². The van der Waals surface area contributed by atoms with Gasteiger partial charge in [-0.2, -0.15) is 0 Å². The van der Waals surface area contributed by atoms with E-state index in [4.69, 9.17) is 0 Å². The standard InChI is InChI=1S/C29H33N3O2/c1-4-32(3)19-22-8-6-21(7-9-22)18-30-28(33)24-13-11-23(12-14-24)27-17-25(10-5-20(27)2)29(34)31-26-15-16-26/h5-14,17,26H,4,15-16,18-19H2,1-3H3,(H,30,33)(H,31,34). The maximum absolute atomic E-state index is 12.7. The van der Waals surface area contributed by atoms with Crippen LogP contribution in [0.25, 0.3) is 11.1 Å². The molecule has 0 spiro atoms. The molecule has 34 heavy (non-hydrogen) atoms. The zero-order valence-corrected chi connectivity index (χ0v) is 20.2. The highest BCUT2D eigenvalue weighted by Gasteiger charge is 2.24. The van der Waals surface area contributed by atoms with Crippen molar-refractivity contribution in [2.45, 2.75) is 45.8 Å². The van der Waals surface area contributed by atoms with E-state index >= 15 is 0 Å². The largest absolute Gasteiger partial charge is 0.349 e. The van der Waals surface area contributed by atoms with Gasteiger partial charge < -0.3 is 15.5 Å². The van der Waals surface area contributed by atoms with Gasteiger partial charge in [0, 0.05) is 30.3 Å². The van der Waals surface area contributed by atoms with Crippen molar-refractivity contribution in [2.24, 2.45) is 0 Å². The van der Waals surface area contributed by atoms with Crippen LogP contribution in [0.3, 0.4) is 0 Å².